The van der Waals surface area contributed by atoms with E-state index in [0.29, 0.717) is 25.6 Å². The van der Waals surface area contributed by atoms with Gasteiger partial charge in [-0.15, -0.1) is 0 Å². The van der Waals surface area contributed by atoms with Gasteiger partial charge in [0, 0.05) is 25.6 Å². The highest BCUT2D eigenvalue weighted by atomic mass is 16.5. The lowest BCUT2D eigenvalue weighted by Crippen LogP contribution is -2.29. The molecule has 0 aromatic heterocycles. The summed E-state index contributed by atoms with van der Waals surface area (Å²) in [6, 6.07) is 16.8. The van der Waals surface area contributed by atoms with Gasteiger partial charge in [-0.2, -0.15) is 0 Å². The van der Waals surface area contributed by atoms with E-state index in [4.69, 9.17) is 19.3 Å². The van der Waals surface area contributed by atoms with Gasteiger partial charge in [0.1, 0.15) is 0 Å². The summed E-state index contributed by atoms with van der Waals surface area (Å²) >= 11 is 0. The van der Waals surface area contributed by atoms with Crippen molar-refractivity contribution in [3.05, 3.63) is 59.7 Å². The van der Waals surface area contributed by atoms with Gasteiger partial charge in [0.25, 0.3) is 0 Å². The fourth-order valence-corrected chi connectivity index (χ4v) is 4.55. The van der Waals surface area contributed by atoms with Crippen molar-refractivity contribution in [2.45, 2.75) is 52.9 Å². The molecule has 1 unspecified atom stereocenters. The molecule has 0 saturated carbocycles. The number of benzene rings is 2. The van der Waals surface area contributed by atoms with Crippen LogP contribution < -0.4 is 9.47 Å². The molecule has 1 aliphatic heterocycles. The molecule has 35 heavy (non-hydrogen) atoms. The SMILES string of the molecule is CCO.COC(=O)N1C[C@@H](c2ccc(OC)c(OCCC(C)CCc3ccccc3)c2)C(C)(C)C1. The molecule has 0 radical (unpaired) electrons. The topological polar surface area (TPSA) is 68.2 Å². The summed E-state index contributed by atoms with van der Waals surface area (Å²) in [4.78, 5) is 13.8. The number of ether oxygens (including phenoxy) is 3. The van der Waals surface area contributed by atoms with Crippen molar-refractivity contribution in [3.63, 3.8) is 0 Å². The van der Waals surface area contributed by atoms with Crippen LogP contribution >= 0.6 is 0 Å². The van der Waals surface area contributed by atoms with Gasteiger partial charge >= 0.3 is 6.09 Å². The molecule has 1 fully saturated rings. The Hall–Kier alpha value is -2.73. The number of hydrogen-bond donors (Lipinski definition) is 1. The van der Waals surface area contributed by atoms with Crippen molar-refractivity contribution in [2.24, 2.45) is 11.3 Å². The van der Waals surface area contributed by atoms with Crippen LogP contribution in [-0.4, -0.2) is 56.6 Å². The van der Waals surface area contributed by atoms with Gasteiger partial charge in [-0.3, -0.25) is 0 Å². The number of aliphatic hydroxyl groups is 1. The van der Waals surface area contributed by atoms with Crippen LogP contribution in [-0.2, 0) is 11.2 Å². The van der Waals surface area contributed by atoms with Crippen molar-refractivity contribution in [1.29, 1.82) is 0 Å². The van der Waals surface area contributed by atoms with Gasteiger partial charge in [0.2, 0.25) is 0 Å². The molecule has 0 bridgehead atoms. The lowest BCUT2D eigenvalue weighted by atomic mass is 9.78. The Bertz CT molecular complexity index is 899. The van der Waals surface area contributed by atoms with Crippen LogP contribution in [0.4, 0.5) is 4.79 Å². The number of methoxy groups -OCH3 is 2. The summed E-state index contributed by atoms with van der Waals surface area (Å²) in [7, 11) is 3.10. The van der Waals surface area contributed by atoms with E-state index in [9.17, 15) is 4.79 Å². The smallest absolute Gasteiger partial charge is 0.409 e. The Morgan fingerprint density at radius 2 is 1.80 bits per heavy atom. The standard InChI is InChI=1S/C27H37NO4.C2H6O/c1-20(11-12-21-9-7-6-8-10-21)15-16-32-25-17-22(13-14-24(25)30-4)23-18-28(26(29)31-5)19-27(23,2)3;1-2-3/h6-10,13-14,17,20,23H,11-12,15-16,18-19H2,1-5H3;3H,2H2,1H3/t20?,23-;/m0./s1. The predicted octanol–water partition coefficient (Wildman–Crippen LogP) is 5.92. The molecule has 194 valence electrons. The number of likely N-dealkylation sites (tertiary alicyclic amines) is 1. The number of rotatable bonds is 9. The summed E-state index contributed by atoms with van der Waals surface area (Å²) in [6.45, 7) is 10.6. The van der Waals surface area contributed by atoms with Gasteiger partial charge in [0.15, 0.2) is 11.5 Å². The highest BCUT2D eigenvalue weighted by molar-refractivity contribution is 5.68. The van der Waals surface area contributed by atoms with Crippen LogP contribution in [0.1, 0.15) is 57.6 Å². The number of amides is 1. The molecule has 3 rings (SSSR count). The Morgan fingerprint density at radius 1 is 1.11 bits per heavy atom. The zero-order valence-electron chi connectivity index (χ0n) is 22.3. The van der Waals surface area contributed by atoms with Crippen LogP contribution in [0, 0.1) is 11.3 Å². The largest absolute Gasteiger partial charge is 0.493 e. The second-order valence-corrected chi connectivity index (χ2v) is 9.88. The van der Waals surface area contributed by atoms with Gasteiger partial charge in [-0.1, -0.05) is 57.2 Å². The minimum Gasteiger partial charge on any atom is -0.493 e. The Labute approximate surface area is 211 Å². The first-order valence-electron chi connectivity index (χ1n) is 12.5. The van der Waals surface area contributed by atoms with Gasteiger partial charge < -0.3 is 24.2 Å². The Kier molecular flexibility index (Phi) is 11.4. The molecule has 1 saturated heterocycles. The van der Waals surface area contributed by atoms with Crippen LogP contribution in [0.5, 0.6) is 11.5 Å². The van der Waals surface area contributed by atoms with Crippen molar-refractivity contribution in [3.8, 4) is 11.5 Å². The highest BCUT2D eigenvalue weighted by Crippen LogP contribution is 2.44. The summed E-state index contributed by atoms with van der Waals surface area (Å²) in [5, 5.41) is 7.57. The van der Waals surface area contributed by atoms with Crippen molar-refractivity contribution in [2.75, 3.05) is 40.5 Å². The van der Waals surface area contributed by atoms with Crippen molar-refractivity contribution < 1.29 is 24.1 Å². The van der Waals surface area contributed by atoms with E-state index >= 15 is 0 Å². The van der Waals surface area contributed by atoms with Crippen LogP contribution in [0.2, 0.25) is 0 Å². The molecule has 2 aromatic carbocycles. The summed E-state index contributed by atoms with van der Waals surface area (Å²) in [5.41, 5.74) is 2.50. The van der Waals surface area contributed by atoms with Crippen LogP contribution in [0.25, 0.3) is 0 Å². The molecule has 2 atom stereocenters. The van der Waals surface area contributed by atoms with E-state index in [0.717, 1.165) is 36.3 Å². The minimum absolute atomic E-state index is 0.0496. The van der Waals surface area contributed by atoms with Crippen molar-refractivity contribution in [1.82, 2.24) is 4.90 Å². The second kappa shape index (κ2) is 14.0. The molecule has 0 aliphatic carbocycles. The third-order valence-electron chi connectivity index (χ3n) is 6.60. The monoisotopic (exact) mass is 485 g/mol. The molecule has 2 aromatic rings. The van der Waals surface area contributed by atoms with Gasteiger partial charge in [-0.25, -0.2) is 4.79 Å². The molecule has 6 nitrogen and oxygen atoms in total. The lowest BCUT2D eigenvalue weighted by Gasteiger charge is -2.26. The van der Waals surface area contributed by atoms with Crippen LogP contribution in [0.15, 0.2) is 48.5 Å². The normalized spacial score (nSPS) is 17.2. The van der Waals surface area contributed by atoms with Crippen LogP contribution in [0.3, 0.4) is 0 Å². The number of hydrogen-bond acceptors (Lipinski definition) is 5. The minimum atomic E-state index is -0.268. The first-order valence-corrected chi connectivity index (χ1v) is 12.5. The maximum atomic E-state index is 12.1. The van der Waals surface area contributed by atoms with E-state index in [1.165, 1.54) is 12.7 Å². The number of carbonyl (C=O) groups is 1. The van der Waals surface area contributed by atoms with Crippen molar-refractivity contribution >= 4 is 6.09 Å². The third kappa shape index (κ3) is 8.46. The maximum absolute atomic E-state index is 12.1. The Morgan fingerprint density at radius 3 is 2.43 bits per heavy atom. The average molecular weight is 486 g/mol. The number of aliphatic hydroxyl groups excluding tert-OH is 1. The molecule has 1 amide bonds. The van der Waals surface area contributed by atoms with E-state index < -0.39 is 0 Å². The quantitative estimate of drug-likeness (QED) is 0.477. The Balaban J connectivity index is 0.00000137. The highest BCUT2D eigenvalue weighted by Gasteiger charge is 2.42. The fraction of sp³-hybridized carbons (Fsp3) is 0.552. The summed E-state index contributed by atoms with van der Waals surface area (Å²) in [5.74, 6) is 2.30. The number of carbonyl (C=O) groups excluding carboxylic acids is 1. The van der Waals surface area contributed by atoms with E-state index in [2.05, 4.69) is 63.2 Å². The molecular formula is C29H43NO5. The zero-order chi connectivity index (χ0) is 25.8. The lowest BCUT2D eigenvalue weighted by molar-refractivity contribution is 0.129. The molecule has 6 heteroatoms. The molecule has 1 aliphatic rings. The molecule has 1 N–H and O–H groups in total. The third-order valence-corrected chi connectivity index (χ3v) is 6.60. The summed E-state index contributed by atoms with van der Waals surface area (Å²) < 4.78 is 16.7. The van der Waals surface area contributed by atoms with E-state index in [-0.39, 0.29) is 24.0 Å². The zero-order valence-corrected chi connectivity index (χ0v) is 22.3. The molecular weight excluding hydrogens is 442 g/mol. The average Bonchev–Trinajstić information content (AvgIpc) is 3.18. The first kappa shape index (κ1) is 28.5. The summed E-state index contributed by atoms with van der Waals surface area (Å²) in [6.07, 6.45) is 2.96. The molecule has 1 heterocycles. The number of nitrogens with zero attached hydrogens (tertiary/aromatic N) is 1. The maximum Gasteiger partial charge on any atom is 0.409 e. The molecule has 0 spiro atoms. The first-order chi connectivity index (χ1) is 16.7. The predicted molar refractivity (Wildman–Crippen MR) is 140 cm³/mol. The second-order valence-electron chi connectivity index (χ2n) is 9.88. The number of aryl methyl sites for hydroxylation is 1. The van der Waals surface area contributed by atoms with Gasteiger partial charge in [0.05, 0.1) is 20.8 Å². The van der Waals surface area contributed by atoms with Gasteiger partial charge in [-0.05, 0) is 60.8 Å². The fourth-order valence-electron chi connectivity index (χ4n) is 4.55. The van der Waals surface area contributed by atoms with E-state index in [1.807, 2.05) is 6.07 Å². The van der Waals surface area contributed by atoms with E-state index in [1.54, 1.807) is 18.9 Å².